The van der Waals surface area contributed by atoms with E-state index in [0.717, 1.165) is 12.0 Å². The van der Waals surface area contributed by atoms with E-state index in [-0.39, 0.29) is 33.5 Å². The third-order valence-electron chi connectivity index (χ3n) is 5.04. The molecule has 0 spiro atoms. The molecule has 3 rings (SSSR count). The van der Waals surface area contributed by atoms with Crippen molar-refractivity contribution in [3.05, 3.63) is 82.9 Å². The van der Waals surface area contributed by atoms with Gasteiger partial charge in [-0.05, 0) is 67.4 Å². The van der Waals surface area contributed by atoms with E-state index in [1.54, 1.807) is 24.3 Å². The fourth-order valence-corrected chi connectivity index (χ4v) is 4.56. The smallest absolute Gasteiger partial charge is 0.206 e. The number of rotatable bonds is 8. The van der Waals surface area contributed by atoms with Gasteiger partial charge in [-0.2, -0.15) is 5.26 Å². The number of nitrogens with zero attached hydrogens (tertiary/aromatic N) is 1. The second-order valence-corrected chi connectivity index (χ2v) is 9.27. The van der Waals surface area contributed by atoms with E-state index >= 15 is 0 Å². The minimum Gasteiger partial charge on any atom is -0.507 e. The van der Waals surface area contributed by atoms with Gasteiger partial charge in [0.15, 0.2) is 5.78 Å². The molecule has 0 aliphatic carbocycles. The average molecular weight is 450 g/mol. The van der Waals surface area contributed by atoms with Crippen molar-refractivity contribution in [3.63, 3.8) is 0 Å². The summed E-state index contributed by atoms with van der Waals surface area (Å²) in [5.41, 5.74) is 1.99. The molecule has 6 nitrogen and oxygen atoms in total. The molecule has 0 aliphatic heterocycles. The van der Waals surface area contributed by atoms with Crippen molar-refractivity contribution in [1.82, 2.24) is 0 Å². The number of carbonyl (C=O) groups excluding carboxylic acids is 1. The standard InChI is InChI=1S/C25H23NO5S/c1-3-4-23-24(14-13-22(17(2)27)25(23)28)31-16-19-7-11-21(12-8-19)32(29,30)20-9-5-18(15-26)6-10-20/h5-14,28H,3-4,16H2,1-2H3. The van der Waals surface area contributed by atoms with Crippen LogP contribution in [0, 0.1) is 11.3 Å². The molecule has 0 fully saturated rings. The molecular formula is C25H23NO5S. The summed E-state index contributed by atoms with van der Waals surface area (Å²) in [6, 6.07) is 17.3. The minimum absolute atomic E-state index is 0.0549. The van der Waals surface area contributed by atoms with Crippen LogP contribution in [0.5, 0.6) is 11.5 Å². The summed E-state index contributed by atoms with van der Waals surface area (Å²) in [5.74, 6) is 0.217. The van der Waals surface area contributed by atoms with Crippen molar-refractivity contribution < 1.29 is 23.1 Å². The predicted molar refractivity (Wildman–Crippen MR) is 119 cm³/mol. The molecular weight excluding hydrogens is 426 g/mol. The number of aromatic hydroxyl groups is 1. The number of benzene rings is 3. The Morgan fingerprint density at radius 1 is 1.00 bits per heavy atom. The Morgan fingerprint density at radius 3 is 2.12 bits per heavy atom. The van der Waals surface area contributed by atoms with E-state index in [4.69, 9.17) is 10.00 Å². The third kappa shape index (κ3) is 4.82. The quantitative estimate of drug-likeness (QED) is 0.494. The summed E-state index contributed by atoms with van der Waals surface area (Å²) in [6.45, 7) is 3.54. The van der Waals surface area contributed by atoms with Crippen LogP contribution in [0.15, 0.2) is 70.5 Å². The van der Waals surface area contributed by atoms with Gasteiger partial charge in [0.05, 0.1) is 27.0 Å². The Labute approximate surface area is 187 Å². The fourth-order valence-electron chi connectivity index (χ4n) is 3.30. The summed E-state index contributed by atoms with van der Waals surface area (Å²) >= 11 is 0. The van der Waals surface area contributed by atoms with Crippen molar-refractivity contribution in [2.45, 2.75) is 43.1 Å². The molecule has 0 heterocycles. The van der Waals surface area contributed by atoms with Crippen molar-refractivity contribution in [3.8, 4) is 17.6 Å². The van der Waals surface area contributed by atoms with E-state index in [2.05, 4.69) is 0 Å². The Balaban J connectivity index is 1.78. The first-order valence-electron chi connectivity index (χ1n) is 10.1. The predicted octanol–water partition coefficient (Wildman–Crippen LogP) is 4.83. The van der Waals surface area contributed by atoms with Gasteiger partial charge in [0.25, 0.3) is 0 Å². The molecule has 0 bridgehead atoms. The van der Waals surface area contributed by atoms with Crippen LogP contribution in [0.4, 0.5) is 0 Å². The monoisotopic (exact) mass is 449 g/mol. The van der Waals surface area contributed by atoms with Crippen molar-refractivity contribution in [1.29, 1.82) is 5.26 Å². The number of hydrogen-bond donors (Lipinski definition) is 1. The molecule has 3 aromatic rings. The Bertz CT molecular complexity index is 1270. The summed E-state index contributed by atoms with van der Waals surface area (Å²) in [7, 11) is -3.70. The van der Waals surface area contributed by atoms with Gasteiger partial charge in [-0.1, -0.05) is 25.5 Å². The number of ether oxygens (including phenoxy) is 1. The third-order valence-corrected chi connectivity index (χ3v) is 6.83. The van der Waals surface area contributed by atoms with Crippen LogP contribution in [0.25, 0.3) is 0 Å². The zero-order chi connectivity index (χ0) is 23.3. The van der Waals surface area contributed by atoms with Crippen molar-refractivity contribution in [2.24, 2.45) is 0 Å². The molecule has 0 amide bonds. The summed E-state index contributed by atoms with van der Waals surface area (Å²) in [5, 5.41) is 19.3. The number of hydrogen-bond acceptors (Lipinski definition) is 6. The largest absolute Gasteiger partial charge is 0.507 e. The number of phenolic OH excluding ortho intramolecular Hbond substituents is 1. The van der Waals surface area contributed by atoms with Gasteiger partial charge in [-0.15, -0.1) is 0 Å². The Morgan fingerprint density at radius 2 is 1.59 bits per heavy atom. The highest BCUT2D eigenvalue weighted by Gasteiger charge is 2.18. The van der Waals surface area contributed by atoms with Gasteiger partial charge in [0.2, 0.25) is 9.84 Å². The molecule has 1 N–H and O–H groups in total. The van der Waals surface area contributed by atoms with Crippen LogP contribution >= 0.6 is 0 Å². The molecule has 164 valence electrons. The molecule has 0 atom stereocenters. The first-order chi connectivity index (χ1) is 15.3. The van der Waals surface area contributed by atoms with Crippen molar-refractivity contribution in [2.75, 3.05) is 0 Å². The fraction of sp³-hybridized carbons (Fsp3) is 0.200. The van der Waals surface area contributed by atoms with E-state index in [0.29, 0.717) is 23.3 Å². The lowest BCUT2D eigenvalue weighted by atomic mass is 10.0. The molecule has 7 heteroatoms. The highest BCUT2D eigenvalue weighted by Crippen LogP contribution is 2.33. The maximum Gasteiger partial charge on any atom is 0.206 e. The SMILES string of the molecule is CCCc1c(OCc2ccc(S(=O)(=O)c3ccc(C#N)cc3)cc2)ccc(C(C)=O)c1O. The summed E-state index contributed by atoms with van der Waals surface area (Å²) in [4.78, 5) is 12.0. The number of nitriles is 1. The van der Waals surface area contributed by atoms with Crippen LogP contribution in [-0.4, -0.2) is 19.3 Å². The van der Waals surface area contributed by atoms with Crippen LogP contribution in [0.2, 0.25) is 0 Å². The van der Waals surface area contributed by atoms with Crippen LogP contribution < -0.4 is 4.74 Å². The average Bonchev–Trinajstić information content (AvgIpc) is 2.79. The van der Waals surface area contributed by atoms with Crippen LogP contribution in [-0.2, 0) is 22.9 Å². The van der Waals surface area contributed by atoms with E-state index in [1.807, 2.05) is 13.0 Å². The molecule has 3 aromatic carbocycles. The zero-order valence-corrected chi connectivity index (χ0v) is 18.6. The molecule has 0 saturated carbocycles. The van der Waals surface area contributed by atoms with Crippen molar-refractivity contribution >= 4 is 15.6 Å². The number of ketones is 1. The summed E-state index contributed by atoms with van der Waals surface area (Å²) in [6.07, 6.45) is 1.33. The second kappa shape index (κ2) is 9.67. The summed E-state index contributed by atoms with van der Waals surface area (Å²) < 4.78 is 31.5. The first kappa shape index (κ1) is 23.0. The lowest BCUT2D eigenvalue weighted by Gasteiger charge is -2.15. The second-order valence-electron chi connectivity index (χ2n) is 7.32. The molecule has 0 radical (unpaired) electrons. The maximum absolute atomic E-state index is 12.8. The number of phenols is 1. The van der Waals surface area contributed by atoms with Crippen LogP contribution in [0.3, 0.4) is 0 Å². The minimum atomic E-state index is -3.70. The van der Waals surface area contributed by atoms with Gasteiger partial charge in [0.1, 0.15) is 18.1 Å². The zero-order valence-electron chi connectivity index (χ0n) is 17.8. The highest BCUT2D eigenvalue weighted by molar-refractivity contribution is 7.91. The lowest BCUT2D eigenvalue weighted by molar-refractivity contribution is 0.101. The van der Waals surface area contributed by atoms with Gasteiger partial charge >= 0.3 is 0 Å². The van der Waals surface area contributed by atoms with E-state index in [9.17, 15) is 18.3 Å². The maximum atomic E-state index is 12.8. The van der Waals surface area contributed by atoms with E-state index in [1.165, 1.54) is 43.3 Å². The van der Waals surface area contributed by atoms with Gasteiger partial charge in [-0.3, -0.25) is 4.79 Å². The molecule has 0 aliphatic rings. The van der Waals surface area contributed by atoms with Gasteiger partial charge < -0.3 is 9.84 Å². The normalized spacial score (nSPS) is 11.0. The van der Waals surface area contributed by atoms with E-state index < -0.39 is 9.84 Å². The lowest BCUT2D eigenvalue weighted by Crippen LogP contribution is -2.04. The van der Waals surface area contributed by atoms with Crippen LogP contribution in [0.1, 0.15) is 47.3 Å². The highest BCUT2D eigenvalue weighted by atomic mass is 32.2. The number of sulfone groups is 1. The molecule has 32 heavy (non-hydrogen) atoms. The van der Waals surface area contributed by atoms with Gasteiger partial charge in [0, 0.05) is 5.56 Å². The molecule has 0 unspecified atom stereocenters. The number of carbonyl (C=O) groups is 1. The molecule has 0 saturated heterocycles. The topological polar surface area (TPSA) is 104 Å². The first-order valence-corrected chi connectivity index (χ1v) is 11.6. The number of Topliss-reactive ketones (excluding diaryl/α,β-unsaturated/α-hetero) is 1. The molecule has 0 aromatic heterocycles. The van der Waals surface area contributed by atoms with Gasteiger partial charge in [-0.25, -0.2) is 8.42 Å². The Hall–Kier alpha value is -3.63. The Kier molecular flexibility index (Phi) is 6.96.